The van der Waals surface area contributed by atoms with Crippen LogP contribution in [0.15, 0.2) is 41.0 Å². The van der Waals surface area contributed by atoms with Gasteiger partial charge in [0.1, 0.15) is 17.4 Å². The number of rotatable bonds is 6. The van der Waals surface area contributed by atoms with Crippen molar-refractivity contribution in [2.45, 2.75) is 38.4 Å². The number of halogens is 2. The van der Waals surface area contributed by atoms with E-state index in [1.807, 2.05) is 13.1 Å². The fraction of sp³-hybridized carbons (Fsp3) is 0.364. The van der Waals surface area contributed by atoms with Crippen LogP contribution >= 0.6 is 0 Å². The molecule has 6 nitrogen and oxygen atoms in total. The number of nitrogens with zero attached hydrogens (tertiary/aromatic N) is 3. The Bertz CT molecular complexity index is 1030. The van der Waals surface area contributed by atoms with Crippen molar-refractivity contribution in [3.8, 4) is 0 Å². The molecule has 8 heteroatoms. The minimum absolute atomic E-state index is 0.00244. The van der Waals surface area contributed by atoms with Crippen molar-refractivity contribution < 1.29 is 18.0 Å². The molecule has 0 fully saturated rings. The predicted molar refractivity (Wildman–Crippen MR) is 107 cm³/mol. The van der Waals surface area contributed by atoms with Crippen LogP contribution in [0.1, 0.15) is 39.5 Å². The van der Waals surface area contributed by atoms with Gasteiger partial charge in [0.2, 0.25) is 0 Å². The quantitative estimate of drug-likeness (QED) is 0.673. The number of furan rings is 1. The summed E-state index contributed by atoms with van der Waals surface area (Å²) in [6, 6.07) is 7.47. The van der Waals surface area contributed by atoms with Gasteiger partial charge in [0.05, 0.1) is 12.8 Å². The smallest absolute Gasteiger partial charge is 0.274 e. The summed E-state index contributed by atoms with van der Waals surface area (Å²) >= 11 is 0. The van der Waals surface area contributed by atoms with Crippen LogP contribution in [0.5, 0.6) is 0 Å². The lowest BCUT2D eigenvalue weighted by molar-refractivity contribution is 0.0767. The van der Waals surface area contributed by atoms with Gasteiger partial charge >= 0.3 is 0 Å². The molecule has 3 aromatic rings. The third-order valence-corrected chi connectivity index (χ3v) is 5.61. The highest BCUT2D eigenvalue weighted by molar-refractivity contribution is 5.94. The standard InChI is InChI=1S/C22H24F2N4O2/c1-27(13-15-5-4-10-30-15)22(29)21-16-11-14(8-9-20(16)28(2)26-21)25-12-17-18(23)6-3-7-19(17)24/h3-7,10,14,25H,8-9,11-13H2,1-2H3/t14-/m1/s1. The van der Waals surface area contributed by atoms with Gasteiger partial charge < -0.3 is 14.6 Å². The minimum atomic E-state index is -0.559. The molecule has 0 bridgehead atoms. The third-order valence-electron chi connectivity index (χ3n) is 5.61. The van der Waals surface area contributed by atoms with Crippen molar-refractivity contribution in [2.75, 3.05) is 7.05 Å². The molecule has 4 rings (SSSR count). The lowest BCUT2D eigenvalue weighted by atomic mass is 9.91. The highest BCUT2D eigenvalue weighted by atomic mass is 19.1. The van der Waals surface area contributed by atoms with Gasteiger partial charge in [0.15, 0.2) is 5.69 Å². The van der Waals surface area contributed by atoms with E-state index < -0.39 is 11.6 Å². The van der Waals surface area contributed by atoms with Gasteiger partial charge in [0, 0.05) is 43.5 Å². The lowest BCUT2D eigenvalue weighted by Gasteiger charge is -2.25. The SMILES string of the molecule is CN(Cc1ccco1)C(=O)c1nn(C)c2c1C[C@H](NCc1c(F)cccc1F)CC2. The number of aryl methyl sites for hydroxylation is 1. The molecule has 1 aliphatic rings. The highest BCUT2D eigenvalue weighted by Crippen LogP contribution is 2.26. The summed E-state index contributed by atoms with van der Waals surface area (Å²) in [4.78, 5) is 14.6. The number of hydrogen-bond acceptors (Lipinski definition) is 4. The maximum absolute atomic E-state index is 13.9. The summed E-state index contributed by atoms with van der Waals surface area (Å²) in [6.07, 6.45) is 3.70. The Morgan fingerprint density at radius 2 is 2.07 bits per heavy atom. The Morgan fingerprint density at radius 3 is 2.77 bits per heavy atom. The third kappa shape index (κ3) is 4.00. The molecular formula is C22H24F2N4O2. The number of nitrogens with one attached hydrogen (secondary N) is 1. The summed E-state index contributed by atoms with van der Waals surface area (Å²) in [5.74, 6) is -0.599. The average molecular weight is 414 g/mol. The molecule has 1 aliphatic carbocycles. The van der Waals surface area contributed by atoms with Gasteiger partial charge in [-0.2, -0.15) is 5.10 Å². The van der Waals surface area contributed by atoms with Crippen molar-refractivity contribution in [3.63, 3.8) is 0 Å². The molecule has 1 amide bonds. The molecule has 158 valence electrons. The van der Waals surface area contributed by atoms with E-state index in [0.29, 0.717) is 24.4 Å². The fourth-order valence-electron chi connectivity index (χ4n) is 3.97. The Hall–Kier alpha value is -3.00. The van der Waals surface area contributed by atoms with Gasteiger partial charge in [-0.15, -0.1) is 0 Å². The molecule has 0 saturated heterocycles. The molecule has 2 aromatic heterocycles. The number of carbonyl (C=O) groups is 1. The molecular weight excluding hydrogens is 390 g/mol. The van der Waals surface area contributed by atoms with Crippen molar-refractivity contribution in [1.82, 2.24) is 20.0 Å². The van der Waals surface area contributed by atoms with E-state index in [2.05, 4.69) is 10.4 Å². The summed E-state index contributed by atoms with van der Waals surface area (Å²) in [7, 11) is 3.55. The van der Waals surface area contributed by atoms with Crippen LogP contribution in [-0.2, 0) is 33.0 Å². The molecule has 0 aliphatic heterocycles. The normalized spacial score (nSPS) is 15.8. The van der Waals surface area contributed by atoms with Gasteiger partial charge in [-0.05, 0) is 43.5 Å². The van der Waals surface area contributed by atoms with E-state index in [9.17, 15) is 13.6 Å². The summed E-state index contributed by atoms with van der Waals surface area (Å²) < 4.78 is 34.9. The molecule has 1 atom stereocenters. The van der Waals surface area contributed by atoms with Gasteiger partial charge in [-0.1, -0.05) is 6.07 Å². The van der Waals surface area contributed by atoms with Crippen molar-refractivity contribution in [3.05, 3.63) is 76.5 Å². The monoisotopic (exact) mass is 414 g/mol. The number of aromatic nitrogens is 2. The highest BCUT2D eigenvalue weighted by Gasteiger charge is 2.30. The molecule has 30 heavy (non-hydrogen) atoms. The largest absolute Gasteiger partial charge is 0.467 e. The average Bonchev–Trinajstić information content (AvgIpc) is 3.35. The van der Waals surface area contributed by atoms with E-state index in [1.165, 1.54) is 18.2 Å². The maximum atomic E-state index is 13.9. The number of fused-ring (bicyclic) bond motifs is 1. The van der Waals surface area contributed by atoms with Crippen LogP contribution in [-0.4, -0.2) is 33.7 Å². The number of amides is 1. The molecule has 0 unspecified atom stereocenters. The Labute approximate surface area is 173 Å². The van der Waals surface area contributed by atoms with Crippen LogP contribution in [0.3, 0.4) is 0 Å². The second-order valence-electron chi connectivity index (χ2n) is 7.66. The molecule has 1 aromatic carbocycles. The lowest BCUT2D eigenvalue weighted by Crippen LogP contribution is -2.36. The van der Waals surface area contributed by atoms with E-state index in [-0.39, 0.29) is 24.1 Å². The van der Waals surface area contributed by atoms with E-state index in [1.54, 1.807) is 29.0 Å². The maximum Gasteiger partial charge on any atom is 0.274 e. The Morgan fingerprint density at radius 1 is 1.30 bits per heavy atom. The van der Waals surface area contributed by atoms with E-state index >= 15 is 0 Å². The first-order valence-electron chi connectivity index (χ1n) is 9.93. The van der Waals surface area contributed by atoms with Crippen LogP contribution in [0, 0.1) is 11.6 Å². The zero-order valence-electron chi connectivity index (χ0n) is 17.0. The second kappa shape index (κ2) is 8.39. The van der Waals surface area contributed by atoms with Crippen LogP contribution in [0.2, 0.25) is 0 Å². The summed E-state index contributed by atoms with van der Waals surface area (Å²) in [5, 5.41) is 7.72. The first-order chi connectivity index (χ1) is 14.4. The summed E-state index contributed by atoms with van der Waals surface area (Å²) in [6.45, 7) is 0.450. The van der Waals surface area contributed by atoms with Crippen molar-refractivity contribution in [2.24, 2.45) is 7.05 Å². The van der Waals surface area contributed by atoms with E-state index in [4.69, 9.17) is 4.42 Å². The Kier molecular flexibility index (Phi) is 5.67. The zero-order valence-corrected chi connectivity index (χ0v) is 17.0. The Balaban J connectivity index is 1.48. The van der Waals surface area contributed by atoms with Crippen molar-refractivity contribution >= 4 is 5.91 Å². The molecule has 1 N–H and O–H groups in total. The topological polar surface area (TPSA) is 63.3 Å². The minimum Gasteiger partial charge on any atom is -0.467 e. The number of hydrogen-bond donors (Lipinski definition) is 1. The van der Waals surface area contributed by atoms with Crippen LogP contribution < -0.4 is 5.32 Å². The molecule has 2 heterocycles. The first-order valence-corrected chi connectivity index (χ1v) is 9.93. The fourth-order valence-corrected chi connectivity index (χ4v) is 3.97. The van der Waals surface area contributed by atoms with Crippen LogP contribution in [0.25, 0.3) is 0 Å². The van der Waals surface area contributed by atoms with Crippen LogP contribution in [0.4, 0.5) is 8.78 Å². The van der Waals surface area contributed by atoms with Gasteiger partial charge in [-0.3, -0.25) is 9.48 Å². The van der Waals surface area contributed by atoms with Gasteiger partial charge in [0.25, 0.3) is 5.91 Å². The summed E-state index contributed by atoms with van der Waals surface area (Å²) in [5.41, 5.74) is 2.38. The molecule has 0 radical (unpaired) electrons. The molecule has 0 spiro atoms. The second-order valence-corrected chi connectivity index (χ2v) is 7.66. The van der Waals surface area contributed by atoms with Crippen molar-refractivity contribution in [1.29, 1.82) is 0 Å². The van der Waals surface area contributed by atoms with E-state index in [0.717, 1.165) is 24.1 Å². The predicted octanol–water partition coefficient (Wildman–Crippen LogP) is 3.21. The van der Waals surface area contributed by atoms with Gasteiger partial charge in [-0.25, -0.2) is 8.78 Å². The first kappa shape index (κ1) is 20.3. The zero-order chi connectivity index (χ0) is 21.3. The number of benzene rings is 1. The molecule has 0 saturated carbocycles. The number of carbonyl (C=O) groups excluding carboxylic acids is 1.